The van der Waals surface area contributed by atoms with Crippen LogP contribution in [0.3, 0.4) is 0 Å². The summed E-state index contributed by atoms with van der Waals surface area (Å²) >= 11 is 0. The van der Waals surface area contributed by atoms with E-state index in [0.29, 0.717) is 48.0 Å². The molecule has 4 atom stereocenters. The Morgan fingerprint density at radius 2 is 1.79 bits per heavy atom. The predicted molar refractivity (Wildman–Crippen MR) is 185 cm³/mol. The molecule has 0 aliphatic carbocycles. The van der Waals surface area contributed by atoms with Gasteiger partial charge in [-0.3, -0.25) is 19.3 Å². The molecule has 5 rings (SSSR count). The van der Waals surface area contributed by atoms with Gasteiger partial charge in [-0.05, 0) is 98.0 Å². The number of carbonyl (C=O) groups excluding carboxylic acids is 1. The number of carbonyl (C=O) groups is 2. The lowest BCUT2D eigenvalue weighted by Gasteiger charge is -2.28. The molecule has 52 heavy (non-hydrogen) atoms. The maximum Gasteiger partial charge on any atom is 0.416 e. The zero-order chi connectivity index (χ0) is 38.1. The number of halogens is 5. The third-order valence-corrected chi connectivity index (χ3v) is 9.70. The highest BCUT2D eigenvalue weighted by molar-refractivity contribution is 5.82. The Bertz CT molecular complexity index is 1960. The van der Waals surface area contributed by atoms with E-state index in [1.54, 1.807) is 27.7 Å². The van der Waals surface area contributed by atoms with Crippen LogP contribution in [-0.2, 0) is 26.9 Å². The fourth-order valence-electron chi connectivity index (χ4n) is 7.43. The smallest absolute Gasteiger partial charge is 0.416 e. The molecule has 3 heterocycles. The number of hydrogen-bond acceptors (Lipinski definition) is 5. The SMILES string of the molecule is CC#Cc1cc(-c2c(C)cc(F)cc2C)cc([C@@H](CC(=O)O)NC(=O)[C@H](CC(C)C)n2cc(CCN3C[C@@H]4C[C@H]3CO4)c(C(F)(F)F)cc2=O)c1F. The van der Waals surface area contributed by atoms with Gasteiger partial charge in [0.1, 0.15) is 17.7 Å². The number of nitrogens with zero attached hydrogens (tertiary/aromatic N) is 2. The van der Waals surface area contributed by atoms with E-state index in [9.17, 15) is 37.1 Å². The predicted octanol–water partition coefficient (Wildman–Crippen LogP) is 6.74. The summed E-state index contributed by atoms with van der Waals surface area (Å²) in [5, 5.41) is 12.5. The zero-order valence-corrected chi connectivity index (χ0v) is 29.7. The molecular formula is C39H42F5N3O5. The molecule has 2 N–H and O–H groups in total. The van der Waals surface area contributed by atoms with Gasteiger partial charge >= 0.3 is 12.1 Å². The summed E-state index contributed by atoms with van der Waals surface area (Å²) in [4.78, 5) is 41.8. The molecule has 1 amide bonds. The first-order chi connectivity index (χ1) is 24.5. The van der Waals surface area contributed by atoms with Crippen molar-refractivity contribution in [1.82, 2.24) is 14.8 Å². The lowest BCUT2D eigenvalue weighted by atomic mass is 9.90. The van der Waals surface area contributed by atoms with Crippen LogP contribution in [-0.4, -0.2) is 58.3 Å². The van der Waals surface area contributed by atoms with Gasteiger partial charge in [0, 0.05) is 37.0 Å². The molecule has 8 nitrogen and oxygen atoms in total. The van der Waals surface area contributed by atoms with Gasteiger partial charge in [0.25, 0.3) is 5.56 Å². The normalized spacial score (nSPS) is 18.3. The first-order valence-electron chi connectivity index (χ1n) is 17.2. The van der Waals surface area contributed by atoms with Crippen molar-refractivity contribution in [2.75, 3.05) is 19.7 Å². The molecule has 2 saturated heterocycles. The Kier molecular flexibility index (Phi) is 11.6. The average molecular weight is 728 g/mol. The second-order valence-corrected chi connectivity index (χ2v) is 14.1. The van der Waals surface area contributed by atoms with E-state index >= 15 is 4.39 Å². The first-order valence-corrected chi connectivity index (χ1v) is 17.2. The van der Waals surface area contributed by atoms with E-state index in [-0.39, 0.29) is 47.6 Å². The number of amides is 1. The van der Waals surface area contributed by atoms with E-state index in [2.05, 4.69) is 22.1 Å². The quantitative estimate of drug-likeness (QED) is 0.159. The fraction of sp³-hybridized carbons (Fsp3) is 0.462. The van der Waals surface area contributed by atoms with Crippen LogP contribution >= 0.6 is 0 Å². The van der Waals surface area contributed by atoms with Crippen LogP contribution in [0.2, 0.25) is 0 Å². The highest BCUT2D eigenvalue weighted by Crippen LogP contribution is 2.36. The van der Waals surface area contributed by atoms with E-state index in [1.807, 2.05) is 0 Å². The van der Waals surface area contributed by atoms with Crippen molar-refractivity contribution in [1.29, 1.82) is 0 Å². The molecule has 2 aromatic carbocycles. The van der Waals surface area contributed by atoms with E-state index < -0.39 is 59.3 Å². The number of morpholine rings is 1. The second kappa shape index (κ2) is 15.6. The molecule has 2 fully saturated rings. The lowest BCUT2D eigenvalue weighted by Crippen LogP contribution is -2.41. The van der Waals surface area contributed by atoms with Crippen LogP contribution in [0.5, 0.6) is 0 Å². The fourth-order valence-corrected chi connectivity index (χ4v) is 7.43. The minimum atomic E-state index is -4.83. The third kappa shape index (κ3) is 8.56. The number of likely N-dealkylation sites (tertiary alicyclic amines) is 1. The number of ether oxygens (including phenoxy) is 1. The summed E-state index contributed by atoms with van der Waals surface area (Å²) in [6, 6.07) is 3.23. The number of benzene rings is 2. The van der Waals surface area contributed by atoms with Crippen molar-refractivity contribution in [3.63, 3.8) is 0 Å². The summed E-state index contributed by atoms with van der Waals surface area (Å²) in [5.41, 5.74) is -0.552. The van der Waals surface area contributed by atoms with Gasteiger partial charge in [-0.25, -0.2) is 8.78 Å². The van der Waals surface area contributed by atoms with Crippen molar-refractivity contribution in [2.45, 2.75) is 90.7 Å². The van der Waals surface area contributed by atoms with Crippen molar-refractivity contribution in [3.8, 4) is 23.0 Å². The zero-order valence-electron chi connectivity index (χ0n) is 29.7. The Labute approximate surface area is 299 Å². The minimum Gasteiger partial charge on any atom is -0.481 e. The number of hydrogen-bond donors (Lipinski definition) is 2. The van der Waals surface area contributed by atoms with E-state index in [4.69, 9.17) is 4.74 Å². The van der Waals surface area contributed by atoms with Crippen LogP contribution in [0.4, 0.5) is 22.0 Å². The number of aliphatic carboxylic acids is 1. The molecule has 13 heteroatoms. The highest BCUT2D eigenvalue weighted by atomic mass is 19.4. The Balaban J connectivity index is 1.56. The molecule has 0 spiro atoms. The van der Waals surface area contributed by atoms with Gasteiger partial charge in [-0.1, -0.05) is 19.8 Å². The molecule has 0 unspecified atom stereocenters. The molecule has 278 valence electrons. The summed E-state index contributed by atoms with van der Waals surface area (Å²) < 4.78 is 79.6. The number of fused-ring (bicyclic) bond motifs is 2. The number of pyridine rings is 1. The van der Waals surface area contributed by atoms with Crippen molar-refractivity contribution < 1.29 is 41.4 Å². The largest absolute Gasteiger partial charge is 0.481 e. The average Bonchev–Trinajstić information content (AvgIpc) is 3.67. The molecule has 2 aliphatic heterocycles. The highest BCUT2D eigenvalue weighted by Gasteiger charge is 2.40. The summed E-state index contributed by atoms with van der Waals surface area (Å²) in [6.45, 7) is 9.76. The molecule has 0 radical (unpaired) electrons. The maximum atomic E-state index is 16.2. The molecule has 0 saturated carbocycles. The van der Waals surface area contributed by atoms with Crippen LogP contribution in [0, 0.1) is 43.2 Å². The summed E-state index contributed by atoms with van der Waals surface area (Å²) in [6.07, 6.45) is -3.71. The number of aryl methyl sites for hydroxylation is 2. The number of nitrogens with one attached hydrogen (secondary N) is 1. The number of aromatic nitrogens is 1. The van der Waals surface area contributed by atoms with Crippen molar-refractivity contribution in [3.05, 3.63) is 91.9 Å². The lowest BCUT2D eigenvalue weighted by molar-refractivity contribution is -0.139. The number of alkyl halides is 3. The Morgan fingerprint density at radius 3 is 2.35 bits per heavy atom. The van der Waals surface area contributed by atoms with Gasteiger partial charge in [-0.2, -0.15) is 13.2 Å². The second-order valence-electron chi connectivity index (χ2n) is 14.1. The topological polar surface area (TPSA) is 101 Å². The van der Waals surface area contributed by atoms with Gasteiger partial charge in [0.05, 0.1) is 36.3 Å². The third-order valence-electron chi connectivity index (χ3n) is 9.70. The minimum absolute atomic E-state index is 0.00655. The van der Waals surface area contributed by atoms with Gasteiger partial charge in [0.15, 0.2) is 0 Å². The van der Waals surface area contributed by atoms with Crippen LogP contribution in [0.1, 0.15) is 85.5 Å². The molecule has 2 bridgehead atoms. The number of carboxylic acids is 1. The maximum absolute atomic E-state index is 16.2. The Morgan fingerprint density at radius 1 is 1.10 bits per heavy atom. The summed E-state index contributed by atoms with van der Waals surface area (Å²) in [7, 11) is 0. The molecule has 3 aromatic rings. The van der Waals surface area contributed by atoms with Gasteiger partial charge in [0.2, 0.25) is 5.91 Å². The Hall–Kier alpha value is -4.54. The monoisotopic (exact) mass is 727 g/mol. The standard InChI is InChI=1S/C39H42F5N3O5/c1-6-7-24-13-26(36-22(4)11-27(40)12-23(36)5)14-30(37(24)41)32(17-35(49)50)45-38(51)33(10-21(2)3)47-18-25(31(16-34(47)48)39(42,43)44)8-9-46-19-29-15-28(46)20-52-29/h11-14,16,18,21,28-29,32-33H,8-10,15,17,19-20H2,1-5H3,(H,45,51)(H,49,50)/t28-,29-,32+,33-/m0/s1. The number of rotatable bonds is 12. The number of carboxylic acid groups (broad SMARTS) is 1. The van der Waals surface area contributed by atoms with Crippen molar-refractivity contribution >= 4 is 11.9 Å². The van der Waals surface area contributed by atoms with Gasteiger partial charge < -0.3 is 19.7 Å². The van der Waals surface area contributed by atoms with Crippen LogP contribution in [0.25, 0.3) is 11.1 Å². The van der Waals surface area contributed by atoms with Crippen LogP contribution in [0.15, 0.2) is 41.3 Å². The molecule has 2 aliphatic rings. The van der Waals surface area contributed by atoms with Gasteiger partial charge in [-0.15, -0.1) is 5.92 Å². The van der Waals surface area contributed by atoms with Crippen molar-refractivity contribution in [2.24, 2.45) is 5.92 Å². The molecular weight excluding hydrogens is 685 g/mol. The summed E-state index contributed by atoms with van der Waals surface area (Å²) in [5.74, 6) is 1.48. The van der Waals surface area contributed by atoms with E-state index in [1.165, 1.54) is 31.2 Å². The van der Waals surface area contributed by atoms with E-state index in [0.717, 1.165) is 17.2 Å². The first kappa shape index (κ1) is 38.7. The molecule has 1 aromatic heterocycles. The van der Waals surface area contributed by atoms with Crippen LogP contribution < -0.4 is 10.9 Å².